The molecular weight excluding hydrogens is 394 g/mol. The van der Waals surface area contributed by atoms with Crippen molar-refractivity contribution >= 4 is 23.2 Å². The minimum Gasteiger partial charge on any atom is -0.497 e. The second kappa shape index (κ2) is 7.52. The van der Waals surface area contributed by atoms with E-state index in [2.05, 4.69) is 4.98 Å². The number of carbonyl (C=O) groups is 2. The first-order valence-electron chi connectivity index (χ1n) is 10.0. The first-order chi connectivity index (χ1) is 15.1. The fourth-order valence-corrected chi connectivity index (χ4v) is 4.31. The molecule has 2 fully saturated rings. The van der Waals surface area contributed by atoms with Gasteiger partial charge in [0.15, 0.2) is 6.10 Å². The van der Waals surface area contributed by atoms with Crippen LogP contribution in [-0.4, -0.2) is 30.0 Å². The molecule has 0 spiro atoms. The lowest BCUT2D eigenvalue weighted by Crippen LogP contribution is -2.37. The van der Waals surface area contributed by atoms with Crippen LogP contribution < -0.4 is 14.7 Å². The highest BCUT2D eigenvalue weighted by Crippen LogP contribution is 2.48. The molecule has 0 N–H and O–H groups in total. The molecule has 2 saturated heterocycles. The first-order valence-corrected chi connectivity index (χ1v) is 10.0. The molecule has 0 unspecified atom stereocenters. The highest BCUT2D eigenvalue weighted by molar-refractivity contribution is 6.23. The summed E-state index contributed by atoms with van der Waals surface area (Å²) in [6.45, 7) is 1.97. The number of nitrogens with zero attached hydrogens (tertiary/aromatic N) is 3. The van der Waals surface area contributed by atoms with Gasteiger partial charge in [-0.2, -0.15) is 0 Å². The lowest BCUT2D eigenvalue weighted by atomic mass is 9.91. The highest BCUT2D eigenvalue weighted by atomic mass is 16.7. The van der Waals surface area contributed by atoms with Gasteiger partial charge in [0.05, 0.1) is 24.5 Å². The second-order valence-corrected chi connectivity index (χ2v) is 7.61. The maximum Gasteiger partial charge on any atom is 0.266 e. The molecule has 3 atom stereocenters. The normalized spacial score (nSPS) is 22.7. The number of hydrogen-bond acceptors (Lipinski definition) is 6. The molecule has 7 heteroatoms. The number of hydroxylamine groups is 1. The number of hydrogen-bond donors (Lipinski definition) is 0. The minimum absolute atomic E-state index is 0.287. The van der Waals surface area contributed by atoms with Gasteiger partial charge in [0.2, 0.25) is 5.91 Å². The smallest absolute Gasteiger partial charge is 0.266 e. The Morgan fingerprint density at radius 1 is 0.968 bits per heavy atom. The van der Waals surface area contributed by atoms with Gasteiger partial charge in [0, 0.05) is 12.4 Å². The molecule has 156 valence electrons. The van der Waals surface area contributed by atoms with Gasteiger partial charge in [-0.05, 0) is 54.4 Å². The van der Waals surface area contributed by atoms with Crippen LogP contribution in [0, 0.1) is 12.8 Å². The number of imide groups is 1. The number of rotatable bonds is 4. The van der Waals surface area contributed by atoms with Crippen molar-refractivity contribution in [1.82, 2.24) is 4.98 Å². The molecule has 2 amide bonds. The number of para-hydroxylation sites is 1. The fourth-order valence-electron chi connectivity index (χ4n) is 4.31. The zero-order chi connectivity index (χ0) is 21.5. The van der Waals surface area contributed by atoms with Crippen LogP contribution in [0.1, 0.15) is 17.2 Å². The van der Waals surface area contributed by atoms with Crippen molar-refractivity contribution in [2.24, 2.45) is 5.92 Å². The van der Waals surface area contributed by atoms with Crippen molar-refractivity contribution in [2.75, 3.05) is 17.1 Å². The largest absolute Gasteiger partial charge is 0.497 e. The molecule has 2 aliphatic heterocycles. The van der Waals surface area contributed by atoms with E-state index in [-0.39, 0.29) is 11.8 Å². The van der Waals surface area contributed by atoms with E-state index in [1.54, 1.807) is 48.8 Å². The van der Waals surface area contributed by atoms with Gasteiger partial charge in [-0.3, -0.25) is 19.4 Å². The van der Waals surface area contributed by atoms with Gasteiger partial charge in [-0.25, -0.2) is 9.96 Å². The van der Waals surface area contributed by atoms with E-state index in [0.29, 0.717) is 11.4 Å². The van der Waals surface area contributed by atoms with E-state index >= 15 is 0 Å². The number of ether oxygens (including phenoxy) is 1. The average molecular weight is 415 g/mol. The molecule has 7 nitrogen and oxygen atoms in total. The van der Waals surface area contributed by atoms with Crippen molar-refractivity contribution in [3.63, 3.8) is 0 Å². The van der Waals surface area contributed by atoms with Gasteiger partial charge >= 0.3 is 0 Å². The van der Waals surface area contributed by atoms with Crippen LogP contribution in [0.5, 0.6) is 5.75 Å². The Bertz CT molecular complexity index is 1130. The molecule has 2 aromatic carbocycles. The van der Waals surface area contributed by atoms with E-state index in [1.807, 2.05) is 43.3 Å². The SMILES string of the molecule is COc1ccc(N2C(=O)[C@@H]3[C@H](ON(c4ccccc4C)[C@H]3c3cccnc3)C2=O)cc1. The lowest BCUT2D eigenvalue weighted by molar-refractivity contribution is -0.126. The van der Waals surface area contributed by atoms with Crippen LogP contribution in [0.15, 0.2) is 73.1 Å². The molecule has 2 aliphatic rings. The Kier molecular flexibility index (Phi) is 4.67. The summed E-state index contributed by atoms with van der Waals surface area (Å²) in [5, 5.41) is 1.70. The number of pyridine rings is 1. The van der Waals surface area contributed by atoms with E-state index in [1.165, 1.54) is 4.90 Å². The summed E-state index contributed by atoms with van der Waals surface area (Å²) < 4.78 is 5.18. The first kappa shape index (κ1) is 19.3. The number of benzene rings is 2. The van der Waals surface area contributed by atoms with Gasteiger partial charge in [0.25, 0.3) is 5.91 Å². The van der Waals surface area contributed by atoms with Crippen LogP contribution in [0.2, 0.25) is 0 Å². The quantitative estimate of drug-likeness (QED) is 0.608. The van der Waals surface area contributed by atoms with E-state index in [0.717, 1.165) is 16.8 Å². The monoisotopic (exact) mass is 415 g/mol. The molecule has 1 aromatic heterocycles. The number of fused-ring (bicyclic) bond motifs is 1. The summed E-state index contributed by atoms with van der Waals surface area (Å²) in [5.41, 5.74) is 3.13. The summed E-state index contributed by atoms with van der Waals surface area (Å²) in [7, 11) is 1.57. The minimum atomic E-state index is -0.903. The molecule has 5 rings (SSSR count). The number of methoxy groups -OCH3 is 1. The number of carbonyl (C=O) groups excluding carboxylic acids is 2. The summed E-state index contributed by atoms with van der Waals surface area (Å²) in [4.78, 5) is 38.5. The molecule has 3 aromatic rings. The van der Waals surface area contributed by atoms with Gasteiger partial charge in [0.1, 0.15) is 11.7 Å². The van der Waals surface area contributed by atoms with Crippen molar-refractivity contribution in [2.45, 2.75) is 19.1 Å². The Morgan fingerprint density at radius 3 is 2.42 bits per heavy atom. The average Bonchev–Trinajstić information content (AvgIpc) is 3.31. The van der Waals surface area contributed by atoms with Gasteiger partial charge in [-0.1, -0.05) is 24.3 Å². The van der Waals surface area contributed by atoms with Gasteiger partial charge < -0.3 is 4.74 Å². The van der Waals surface area contributed by atoms with E-state index < -0.39 is 18.1 Å². The van der Waals surface area contributed by atoms with Crippen molar-refractivity contribution < 1.29 is 19.2 Å². The maximum absolute atomic E-state index is 13.5. The number of aromatic nitrogens is 1. The molecule has 0 saturated carbocycles. The Morgan fingerprint density at radius 2 is 1.74 bits per heavy atom. The van der Waals surface area contributed by atoms with Crippen molar-refractivity contribution in [3.05, 3.63) is 84.2 Å². The zero-order valence-corrected chi connectivity index (χ0v) is 17.1. The molecule has 31 heavy (non-hydrogen) atoms. The van der Waals surface area contributed by atoms with Crippen molar-refractivity contribution in [1.29, 1.82) is 0 Å². The standard InChI is InChI=1S/C24H21N3O4/c1-15-6-3-4-8-19(15)27-21(16-7-5-13-25-14-16)20-22(31-27)24(29)26(23(20)28)17-9-11-18(30-2)12-10-17/h3-14,20-22H,1-2H3/t20-,21-,22-/m0/s1. The van der Waals surface area contributed by atoms with Crippen LogP contribution in [0.25, 0.3) is 0 Å². The summed E-state index contributed by atoms with van der Waals surface area (Å²) in [6, 6.07) is 17.9. The molecule has 3 heterocycles. The zero-order valence-electron chi connectivity index (χ0n) is 17.1. The van der Waals surface area contributed by atoms with Gasteiger partial charge in [-0.15, -0.1) is 0 Å². The lowest BCUT2D eigenvalue weighted by Gasteiger charge is -2.29. The third-order valence-corrected chi connectivity index (χ3v) is 5.82. The number of aryl methyl sites for hydroxylation is 1. The topological polar surface area (TPSA) is 72.0 Å². The number of anilines is 2. The summed E-state index contributed by atoms with van der Waals surface area (Å²) in [6.07, 6.45) is 2.50. The predicted molar refractivity (Wildman–Crippen MR) is 114 cm³/mol. The molecule has 0 bridgehead atoms. The van der Waals surface area contributed by atoms with Crippen LogP contribution in [0.3, 0.4) is 0 Å². The molecular formula is C24H21N3O4. The van der Waals surface area contributed by atoms with E-state index in [4.69, 9.17) is 9.57 Å². The third-order valence-electron chi connectivity index (χ3n) is 5.82. The second-order valence-electron chi connectivity index (χ2n) is 7.61. The molecule has 0 aliphatic carbocycles. The van der Waals surface area contributed by atoms with Crippen LogP contribution >= 0.6 is 0 Å². The Labute approximate surface area is 179 Å². The Hall–Kier alpha value is -3.71. The maximum atomic E-state index is 13.5. The van der Waals surface area contributed by atoms with Crippen LogP contribution in [-0.2, 0) is 14.4 Å². The van der Waals surface area contributed by atoms with E-state index in [9.17, 15) is 9.59 Å². The van der Waals surface area contributed by atoms with Crippen molar-refractivity contribution in [3.8, 4) is 5.75 Å². The highest BCUT2D eigenvalue weighted by Gasteiger charge is 2.60. The summed E-state index contributed by atoms with van der Waals surface area (Å²) in [5.74, 6) is -0.688. The summed E-state index contributed by atoms with van der Waals surface area (Å²) >= 11 is 0. The third kappa shape index (κ3) is 3.05. The Balaban J connectivity index is 1.57. The predicted octanol–water partition coefficient (Wildman–Crippen LogP) is 3.45. The fraction of sp³-hybridized carbons (Fsp3) is 0.208. The van der Waals surface area contributed by atoms with Crippen LogP contribution in [0.4, 0.5) is 11.4 Å². The molecule has 0 radical (unpaired) electrons. The number of amides is 2.